The molecule has 0 bridgehead atoms. The molecule has 4 heteroatoms. The van der Waals surface area contributed by atoms with Crippen LogP contribution in [0.2, 0.25) is 5.02 Å². The number of hydrogen-bond acceptors (Lipinski definition) is 3. The van der Waals surface area contributed by atoms with Crippen molar-refractivity contribution >= 4 is 17.4 Å². The summed E-state index contributed by atoms with van der Waals surface area (Å²) in [5.41, 5.74) is 0.557. The molecule has 18 heavy (non-hydrogen) atoms. The maximum Gasteiger partial charge on any atom is 0.180 e. The highest BCUT2D eigenvalue weighted by Gasteiger charge is 2.16. The van der Waals surface area contributed by atoms with Gasteiger partial charge in [-0.25, -0.2) is 0 Å². The first-order chi connectivity index (χ1) is 8.49. The number of ketones is 1. The fourth-order valence-electron chi connectivity index (χ4n) is 1.55. The van der Waals surface area contributed by atoms with E-state index in [0.717, 1.165) is 0 Å². The van der Waals surface area contributed by atoms with Gasteiger partial charge in [0.1, 0.15) is 0 Å². The first kappa shape index (κ1) is 14.8. The van der Waals surface area contributed by atoms with Crippen molar-refractivity contribution < 1.29 is 14.3 Å². The van der Waals surface area contributed by atoms with Crippen molar-refractivity contribution in [1.29, 1.82) is 0 Å². The number of carbonyl (C=O) groups is 1. The van der Waals surface area contributed by atoms with E-state index in [9.17, 15) is 4.79 Å². The molecule has 0 saturated carbocycles. The number of halogens is 1. The highest BCUT2D eigenvalue weighted by atomic mass is 35.5. The zero-order valence-corrected chi connectivity index (χ0v) is 12.0. The van der Waals surface area contributed by atoms with E-state index in [-0.39, 0.29) is 11.9 Å². The van der Waals surface area contributed by atoms with Gasteiger partial charge in [0.2, 0.25) is 0 Å². The van der Waals surface area contributed by atoms with Gasteiger partial charge in [-0.3, -0.25) is 4.79 Å². The molecule has 0 heterocycles. The Morgan fingerprint density at radius 2 is 2.00 bits per heavy atom. The van der Waals surface area contributed by atoms with Gasteiger partial charge in [-0.05, 0) is 32.9 Å². The number of ether oxygens (including phenoxy) is 2. The third-order valence-electron chi connectivity index (χ3n) is 2.31. The molecule has 100 valence electrons. The molecule has 0 aromatic heterocycles. The zero-order chi connectivity index (χ0) is 13.7. The van der Waals surface area contributed by atoms with Gasteiger partial charge >= 0.3 is 0 Å². The van der Waals surface area contributed by atoms with Gasteiger partial charge < -0.3 is 9.47 Å². The summed E-state index contributed by atoms with van der Waals surface area (Å²) in [7, 11) is 0. The van der Waals surface area contributed by atoms with Gasteiger partial charge in [0.25, 0.3) is 0 Å². The van der Waals surface area contributed by atoms with Crippen LogP contribution >= 0.6 is 11.6 Å². The van der Waals surface area contributed by atoms with Crippen LogP contribution in [0.3, 0.4) is 0 Å². The van der Waals surface area contributed by atoms with E-state index in [1.54, 1.807) is 12.1 Å². The standard InChI is InChI=1S/C14H19ClO3/c1-5-12(16)10-7-11(15)14(18-9(3)4)13(8-10)17-6-2/h7-9H,5-6H2,1-4H3. The quantitative estimate of drug-likeness (QED) is 0.730. The molecule has 0 aliphatic carbocycles. The predicted molar refractivity (Wildman–Crippen MR) is 73.0 cm³/mol. The van der Waals surface area contributed by atoms with E-state index in [4.69, 9.17) is 21.1 Å². The molecular formula is C14H19ClO3. The van der Waals surface area contributed by atoms with Crippen molar-refractivity contribution in [3.05, 3.63) is 22.7 Å². The topological polar surface area (TPSA) is 35.5 Å². The molecular weight excluding hydrogens is 252 g/mol. The van der Waals surface area contributed by atoms with Gasteiger partial charge in [-0.1, -0.05) is 18.5 Å². The summed E-state index contributed by atoms with van der Waals surface area (Å²) in [5, 5.41) is 0.409. The van der Waals surface area contributed by atoms with Crippen molar-refractivity contribution in [1.82, 2.24) is 0 Å². The summed E-state index contributed by atoms with van der Waals surface area (Å²) in [6.07, 6.45) is 0.432. The monoisotopic (exact) mass is 270 g/mol. The molecule has 0 fully saturated rings. The van der Waals surface area contributed by atoms with Crippen LogP contribution in [0, 0.1) is 0 Å². The number of rotatable bonds is 6. The molecule has 0 aliphatic rings. The van der Waals surface area contributed by atoms with Crippen LogP contribution in [0.25, 0.3) is 0 Å². The van der Waals surface area contributed by atoms with Crippen LogP contribution in [0.15, 0.2) is 12.1 Å². The zero-order valence-electron chi connectivity index (χ0n) is 11.2. The fourth-order valence-corrected chi connectivity index (χ4v) is 1.80. The molecule has 1 aromatic rings. The Labute approximate surface area is 113 Å². The van der Waals surface area contributed by atoms with Crippen LogP contribution in [0.4, 0.5) is 0 Å². The summed E-state index contributed by atoms with van der Waals surface area (Å²) in [5.74, 6) is 1.06. The maximum atomic E-state index is 11.7. The van der Waals surface area contributed by atoms with Crippen LogP contribution in [0.5, 0.6) is 11.5 Å². The number of Topliss-reactive ketones (excluding diaryl/α,β-unsaturated/α-hetero) is 1. The molecule has 0 amide bonds. The second-order valence-corrected chi connectivity index (χ2v) is 4.57. The largest absolute Gasteiger partial charge is 0.490 e. The minimum Gasteiger partial charge on any atom is -0.490 e. The van der Waals surface area contributed by atoms with E-state index in [1.807, 2.05) is 27.7 Å². The van der Waals surface area contributed by atoms with E-state index in [2.05, 4.69) is 0 Å². The SMILES string of the molecule is CCOc1cc(C(=O)CC)cc(Cl)c1OC(C)C. The van der Waals surface area contributed by atoms with Gasteiger partial charge in [0.15, 0.2) is 17.3 Å². The summed E-state index contributed by atoms with van der Waals surface area (Å²) in [6, 6.07) is 3.33. The highest BCUT2D eigenvalue weighted by Crippen LogP contribution is 2.37. The Morgan fingerprint density at radius 3 is 2.50 bits per heavy atom. The Balaban J connectivity index is 3.21. The molecule has 1 rings (SSSR count). The summed E-state index contributed by atoms with van der Waals surface area (Å²) >= 11 is 6.16. The molecule has 0 atom stereocenters. The number of benzene rings is 1. The second kappa shape index (κ2) is 6.64. The fraction of sp³-hybridized carbons (Fsp3) is 0.500. The summed E-state index contributed by atoms with van der Waals surface area (Å²) in [6.45, 7) is 8.01. The second-order valence-electron chi connectivity index (χ2n) is 4.16. The van der Waals surface area contributed by atoms with Crippen molar-refractivity contribution in [3.63, 3.8) is 0 Å². The van der Waals surface area contributed by atoms with Crippen molar-refractivity contribution in [2.24, 2.45) is 0 Å². The molecule has 0 unspecified atom stereocenters. The van der Waals surface area contributed by atoms with Crippen LogP contribution in [0.1, 0.15) is 44.5 Å². The van der Waals surface area contributed by atoms with E-state index in [1.165, 1.54) is 0 Å². The minimum atomic E-state index is -0.00515. The molecule has 3 nitrogen and oxygen atoms in total. The van der Waals surface area contributed by atoms with Crippen molar-refractivity contribution in [3.8, 4) is 11.5 Å². The Kier molecular flexibility index (Phi) is 5.48. The lowest BCUT2D eigenvalue weighted by atomic mass is 10.1. The third kappa shape index (κ3) is 3.64. The first-order valence-corrected chi connectivity index (χ1v) is 6.53. The number of hydrogen-bond donors (Lipinski definition) is 0. The lowest BCUT2D eigenvalue weighted by molar-refractivity contribution is 0.0987. The van der Waals surface area contributed by atoms with Crippen molar-refractivity contribution in [2.75, 3.05) is 6.61 Å². The lowest BCUT2D eigenvalue weighted by Crippen LogP contribution is -2.09. The Bertz CT molecular complexity index is 427. The predicted octanol–water partition coefficient (Wildman–Crippen LogP) is 4.12. The molecule has 0 N–H and O–H groups in total. The van der Waals surface area contributed by atoms with Gasteiger partial charge in [-0.15, -0.1) is 0 Å². The smallest absolute Gasteiger partial charge is 0.180 e. The Hall–Kier alpha value is -1.22. The normalized spacial score (nSPS) is 10.6. The van der Waals surface area contributed by atoms with Crippen LogP contribution in [-0.2, 0) is 0 Å². The van der Waals surface area contributed by atoms with Crippen LogP contribution < -0.4 is 9.47 Å². The van der Waals surface area contributed by atoms with E-state index in [0.29, 0.717) is 35.1 Å². The maximum absolute atomic E-state index is 11.7. The van der Waals surface area contributed by atoms with Gasteiger partial charge in [0.05, 0.1) is 17.7 Å². The van der Waals surface area contributed by atoms with Crippen molar-refractivity contribution in [2.45, 2.75) is 40.2 Å². The molecule has 0 aliphatic heterocycles. The first-order valence-electron chi connectivity index (χ1n) is 6.15. The van der Waals surface area contributed by atoms with E-state index < -0.39 is 0 Å². The molecule has 1 aromatic carbocycles. The van der Waals surface area contributed by atoms with Gasteiger partial charge in [-0.2, -0.15) is 0 Å². The van der Waals surface area contributed by atoms with Crippen LogP contribution in [-0.4, -0.2) is 18.5 Å². The van der Waals surface area contributed by atoms with E-state index >= 15 is 0 Å². The third-order valence-corrected chi connectivity index (χ3v) is 2.59. The summed E-state index contributed by atoms with van der Waals surface area (Å²) in [4.78, 5) is 11.7. The molecule has 0 radical (unpaired) electrons. The lowest BCUT2D eigenvalue weighted by Gasteiger charge is -2.16. The average Bonchev–Trinajstić information content (AvgIpc) is 2.32. The molecule has 0 saturated heterocycles. The highest BCUT2D eigenvalue weighted by molar-refractivity contribution is 6.32. The molecule has 0 spiro atoms. The average molecular weight is 271 g/mol. The Morgan fingerprint density at radius 1 is 1.33 bits per heavy atom. The van der Waals surface area contributed by atoms with Gasteiger partial charge in [0, 0.05) is 12.0 Å². The minimum absolute atomic E-state index is 0.00515. The number of carbonyl (C=O) groups excluding carboxylic acids is 1. The summed E-state index contributed by atoms with van der Waals surface area (Å²) < 4.78 is 11.1.